The number of sulfonamides is 1. The second-order valence-corrected chi connectivity index (χ2v) is 7.47. The van der Waals surface area contributed by atoms with Crippen LogP contribution in [-0.4, -0.2) is 35.6 Å². The van der Waals surface area contributed by atoms with E-state index in [0.29, 0.717) is 11.4 Å². The molecule has 0 unspecified atom stereocenters. The Morgan fingerprint density at radius 3 is 2.65 bits per heavy atom. The molecule has 0 radical (unpaired) electrons. The van der Waals surface area contributed by atoms with E-state index in [1.165, 1.54) is 36.7 Å². The van der Waals surface area contributed by atoms with Crippen LogP contribution >= 0.6 is 0 Å². The molecule has 1 heterocycles. The zero-order valence-electron chi connectivity index (χ0n) is 14.8. The lowest BCUT2D eigenvalue weighted by atomic mass is 10.2. The normalized spacial score (nSPS) is 12.5. The Morgan fingerprint density at radius 1 is 1.35 bits per heavy atom. The third kappa shape index (κ3) is 4.77. The fraction of sp³-hybridized carbons (Fsp3) is 0.353. The summed E-state index contributed by atoms with van der Waals surface area (Å²) in [7, 11) is -3.61. The van der Waals surface area contributed by atoms with E-state index >= 15 is 0 Å². The minimum Gasteiger partial charge on any atom is -0.342 e. The molecule has 140 valence electrons. The summed E-state index contributed by atoms with van der Waals surface area (Å²) in [6.45, 7) is 8.19. The summed E-state index contributed by atoms with van der Waals surface area (Å²) in [4.78, 5) is 16.7. The minimum absolute atomic E-state index is 0.0895. The number of aryl methyl sites for hydroxylation is 1. The van der Waals surface area contributed by atoms with Gasteiger partial charge in [-0.3, -0.25) is 4.79 Å². The number of carbonyl (C=O) groups is 1. The fourth-order valence-corrected chi connectivity index (χ4v) is 3.37. The van der Waals surface area contributed by atoms with Crippen molar-refractivity contribution < 1.29 is 13.2 Å². The van der Waals surface area contributed by atoms with Gasteiger partial charge in [-0.2, -0.15) is 5.10 Å². The zero-order chi connectivity index (χ0) is 19.2. The number of aromatic nitrogens is 3. The van der Waals surface area contributed by atoms with Gasteiger partial charge in [0, 0.05) is 18.7 Å². The molecule has 9 heteroatoms. The van der Waals surface area contributed by atoms with Gasteiger partial charge in [-0.25, -0.2) is 22.8 Å². The number of benzene rings is 1. The van der Waals surface area contributed by atoms with Gasteiger partial charge in [0.15, 0.2) is 0 Å². The quantitative estimate of drug-likeness (QED) is 0.646. The molecule has 0 aliphatic carbocycles. The van der Waals surface area contributed by atoms with E-state index in [1.807, 2.05) is 13.8 Å². The van der Waals surface area contributed by atoms with Crippen molar-refractivity contribution >= 4 is 15.9 Å². The summed E-state index contributed by atoms with van der Waals surface area (Å²) in [5.74, 6) is 0.361. The summed E-state index contributed by atoms with van der Waals surface area (Å²) in [5, 5.41) is 6.99. The molecule has 2 rings (SSSR count). The first-order chi connectivity index (χ1) is 12.4. The SMILES string of the molecule is C=CCNS(=O)(=O)c1ccc(C(=O)N[C@H](C)c2ncnn2CCC)cc1. The number of hydrogen-bond acceptors (Lipinski definition) is 5. The summed E-state index contributed by atoms with van der Waals surface area (Å²) < 4.78 is 28.2. The molecular formula is C17H23N5O3S. The first-order valence-corrected chi connectivity index (χ1v) is 9.76. The highest BCUT2D eigenvalue weighted by Crippen LogP contribution is 2.13. The Kier molecular flexibility index (Phi) is 6.64. The van der Waals surface area contributed by atoms with Gasteiger partial charge in [-0.1, -0.05) is 13.0 Å². The van der Waals surface area contributed by atoms with Gasteiger partial charge in [0.25, 0.3) is 5.91 Å². The Labute approximate surface area is 153 Å². The van der Waals surface area contributed by atoms with Crippen molar-refractivity contribution in [2.45, 2.75) is 37.8 Å². The molecule has 2 aromatic rings. The van der Waals surface area contributed by atoms with Crippen molar-refractivity contribution in [3.63, 3.8) is 0 Å². The van der Waals surface area contributed by atoms with Crippen LogP contribution in [0.15, 0.2) is 48.1 Å². The molecule has 0 saturated heterocycles. The number of amides is 1. The average Bonchev–Trinajstić information content (AvgIpc) is 3.09. The predicted octanol–water partition coefficient (Wildman–Crippen LogP) is 1.64. The maximum atomic E-state index is 12.4. The highest BCUT2D eigenvalue weighted by atomic mass is 32.2. The van der Waals surface area contributed by atoms with Crippen LogP contribution in [0.2, 0.25) is 0 Å². The third-order valence-electron chi connectivity index (χ3n) is 3.66. The molecule has 1 amide bonds. The molecular weight excluding hydrogens is 354 g/mol. The Morgan fingerprint density at radius 2 is 2.04 bits per heavy atom. The molecule has 0 saturated carbocycles. The number of rotatable bonds is 9. The van der Waals surface area contributed by atoms with E-state index in [-0.39, 0.29) is 23.4 Å². The fourth-order valence-electron chi connectivity index (χ4n) is 2.37. The third-order valence-corrected chi connectivity index (χ3v) is 5.10. The van der Waals surface area contributed by atoms with Crippen LogP contribution in [-0.2, 0) is 16.6 Å². The highest BCUT2D eigenvalue weighted by Gasteiger charge is 2.18. The first kappa shape index (κ1) is 19.8. The van der Waals surface area contributed by atoms with Crippen molar-refractivity contribution in [2.24, 2.45) is 0 Å². The Balaban J connectivity index is 2.08. The lowest BCUT2D eigenvalue weighted by molar-refractivity contribution is 0.0937. The second-order valence-electron chi connectivity index (χ2n) is 5.70. The molecule has 8 nitrogen and oxygen atoms in total. The van der Waals surface area contributed by atoms with E-state index in [4.69, 9.17) is 0 Å². The van der Waals surface area contributed by atoms with Crippen LogP contribution in [0.1, 0.15) is 42.5 Å². The highest BCUT2D eigenvalue weighted by molar-refractivity contribution is 7.89. The molecule has 1 aromatic carbocycles. The molecule has 0 bridgehead atoms. The number of carbonyl (C=O) groups excluding carboxylic acids is 1. The van der Waals surface area contributed by atoms with Crippen molar-refractivity contribution in [3.8, 4) is 0 Å². The van der Waals surface area contributed by atoms with Gasteiger partial charge in [-0.05, 0) is 37.6 Å². The van der Waals surface area contributed by atoms with Crippen LogP contribution in [0.3, 0.4) is 0 Å². The maximum Gasteiger partial charge on any atom is 0.251 e. The number of hydrogen-bond donors (Lipinski definition) is 2. The van der Waals surface area contributed by atoms with Crippen LogP contribution in [0.5, 0.6) is 0 Å². The maximum absolute atomic E-state index is 12.4. The van der Waals surface area contributed by atoms with Crippen molar-refractivity contribution in [1.29, 1.82) is 0 Å². The molecule has 0 aliphatic rings. The Bertz CT molecular complexity index is 859. The van der Waals surface area contributed by atoms with Gasteiger partial charge in [0.1, 0.15) is 12.2 Å². The van der Waals surface area contributed by atoms with E-state index in [2.05, 4.69) is 26.7 Å². The van der Waals surface area contributed by atoms with Crippen LogP contribution in [0.4, 0.5) is 0 Å². The number of nitrogens with one attached hydrogen (secondary N) is 2. The van der Waals surface area contributed by atoms with Crippen LogP contribution < -0.4 is 10.0 Å². The van der Waals surface area contributed by atoms with E-state index < -0.39 is 10.0 Å². The van der Waals surface area contributed by atoms with Gasteiger partial charge in [0.05, 0.1) is 10.9 Å². The topological polar surface area (TPSA) is 106 Å². The summed E-state index contributed by atoms with van der Waals surface area (Å²) in [5.41, 5.74) is 0.362. The van der Waals surface area contributed by atoms with Gasteiger partial charge in [-0.15, -0.1) is 6.58 Å². The molecule has 0 fully saturated rings. The molecule has 1 atom stereocenters. The van der Waals surface area contributed by atoms with Crippen LogP contribution in [0.25, 0.3) is 0 Å². The van der Waals surface area contributed by atoms with Gasteiger partial charge in [0.2, 0.25) is 10.0 Å². The van der Waals surface area contributed by atoms with Crippen molar-refractivity contribution in [1.82, 2.24) is 24.8 Å². The minimum atomic E-state index is -3.61. The van der Waals surface area contributed by atoms with Crippen molar-refractivity contribution in [3.05, 3.63) is 54.6 Å². The lowest BCUT2D eigenvalue weighted by Gasteiger charge is -2.14. The zero-order valence-corrected chi connectivity index (χ0v) is 15.7. The summed E-state index contributed by atoms with van der Waals surface area (Å²) in [6.07, 6.45) is 3.83. The lowest BCUT2D eigenvalue weighted by Crippen LogP contribution is -2.29. The van der Waals surface area contributed by atoms with E-state index in [9.17, 15) is 13.2 Å². The monoisotopic (exact) mass is 377 g/mol. The molecule has 1 aromatic heterocycles. The van der Waals surface area contributed by atoms with Gasteiger partial charge >= 0.3 is 0 Å². The van der Waals surface area contributed by atoms with E-state index in [0.717, 1.165) is 13.0 Å². The summed E-state index contributed by atoms with van der Waals surface area (Å²) >= 11 is 0. The van der Waals surface area contributed by atoms with Crippen molar-refractivity contribution in [2.75, 3.05) is 6.54 Å². The average molecular weight is 377 g/mol. The molecule has 0 aliphatic heterocycles. The standard InChI is InChI=1S/C17H23N5O3S/c1-4-10-20-26(24,25)15-8-6-14(7-9-15)17(23)21-13(3)16-18-12-19-22(16)11-5-2/h4,6-9,12-13,20H,1,5,10-11H2,2-3H3,(H,21,23)/t13-/m1/s1. The predicted molar refractivity (Wildman–Crippen MR) is 98.0 cm³/mol. The smallest absolute Gasteiger partial charge is 0.251 e. The van der Waals surface area contributed by atoms with Gasteiger partial charge < -0.3 is 5.32 Å². The summed E-state index contributed by atoms with van der Waals surface area (Å²) in [6, 6.07) is 5.41. The Hall–Kier alpha value is -2.52. The van der Waals surface area contributed by atoms with Crippen LogP contribution in [0, 0.1) is 0 Å². The first-order valence-electron chi connectivity index (χ1n) is 8.28. The van der Waals surface area contributed by atoms with E-state index in [1.54, 1.807) is 4.68 Å². The molecule has 26 heavy (non-hydrogen) atoms. The largest absolute Gasteiger partial charge is 0.342 e. The number of nitrogens with zero attached hydrogens (tertiary/aromatic N) is 3. The molecule has 0 spiro atoms. The molecule has 2 N–H and O–H groups in total. The second kappa shape index (κ2) is 8.72.